The van der Waals surface area contributed by atoms with Gasteiger partial charge in [-0.25, -0.2) is 9.18 Å². The number of hydrogen-bond donors (Lipinski definition) is 1. The molecule has 0 bridgehead atoms. The van der Waals surface area contributed by atoms with Crippen molar-refractivity contribution in [2.75, 3.05) is 7.11 Å². The predicted molar refractivity (Wildman–Crippen MR) is 92.5 cm³/mol. The third-order valence-electron chi connectivity index (χ3n) is 3.21. The molecule has 2 aromatic rings. The summed E-state index contributed by atoms with van der Waals surface area (Å²) in [5.41, 5.74) is 1.05. The van der Waals surface area contributed by atoms with Crippen molar-refractivity contribution >= 4 is 34.5 Å². The van der Waals surface area contributed by atoms with Gasteiger partial charge in [0.05, 0.1) is 7.11 Å². The van der Waals surface area contributed by atoms with Gasteiger partial charge >= 0.3 is 5.97 Å². The molecular weight excluding hydrogens is 412 g/mol. The minimum absolute atomic E-state index is 0.154. The summed E-state index contributed by atoms with van der Waals surface area (Å²) in [5, 5.41) is 2.60. The van der Waals surface area contributed by atoms with Crippen LogP contribution < -0.4 is 5.32 Å². The van der Waals surface area contributed by atoms with Gasteiger partial charge in [-0.2, -0.15) is 0 Å². The molecule has 0 saturated carbocycles. The van der Waals surface area contributed by atoms with Crippen LogP contribution in [-0.4, -0.2) is 25.0 Å². The first kappa shape index (κ1) is 17.4. The highest BCUT2D eigenvalue weighted by Gasteiger charge is 2.22. The number of methoxy groups -OCH3 is 1. The lowest BCUT2D eigenvalue weighted by molar-refractivity contribution is -0.142. The third kappa shape index (κ3) is 5.02. The lowest BCUT2D eigenvalue weighted by Gasteiger charge is -2.17. The van der Waals surface area contributed by atoms with Crippen LogP contribution in [-0.2, 0) is 16.0 Å². The smallest absolute Gasteiger partial charge is 0.328 e. The summed E-state index contributed by atoms with van der Waals surface area (Å²) in [6.07, 6.45) is 0.296. The fraction of sp³-hybridized carbons (Fsp3) is 0.176. The average Bonchev–Trinajstić information content (AvgIpc) is 2.53. The van der Waals surface area contributed by atoms with Gasteiger partial charge in [0.2, 0.25) is 0 Å². The van der Waals surface area contributed by atoms with E-state index in [1.54, 1.807) is 0 Å². The Hall–Kier alpha value is -1.96. The molecule has 1 atom stereocenters. The maximum atomic E-state index is 13.2. The van der Waals surface area contributed by atoms with Gasteiger partial charge in [0.1, 0.15) is 11.9 Å². The molecule has 0 saturated heterocycles. The minimum Gasteiger partial charge on any atom is -0.467 e. The number of esters is 1. The topological polar surface area (TPSA) is 55.4 Å². The maximum Gasteiger partial charge on any atom is 0.328 e. The highest BCUT2D eigenvalue weighted by atomic mass is 127. The van der Waals surface area contributed by atoms with Crippen molar-refractivity contribution in [2.45, 2.75) is 12.5 Å². The van der Waals surface area contributed by atoms with E-state index in [4.69, 9.17) is 4.74 Å². The molecule has 0 aliphatic heterocycles. The van der Waals surface area contributed by atoms with E-state index in [1.807, 2.05) is 24.3 Å². The van der Waals surface area contributed by atoms with E-state index in [0.29, 0.717) is 6.42 Å². The molecule has 0 aliphatic rings. The Morgan fingerprint density at radius 2 is 1.96 bits per heavy atom. The van der Waals surface area contributed by atoms with E-state index in [1.165, 1.54) is 25.3 Å². The van der Waals surface area contributed by atoms with Crippen molar-refractivity contribution in [1.82, 2.24) is 5.32 Å². The van der Waals surface area contributed by atoms with Crippen molar-refractivity contribution in [3.63, 3.8) is 0 Å². The average molecular weight is 427 g/mol. The highest BCUT2D eigenvalue weighted by molar-refractivity contribution is 14.1. The van der Waals surface area contributed by atoms with Crippen LogP contribution >= 0.6 is 22.6 Å². The van der Waals surface area contributed by atoms with Gasteiger partial charge < -0.3 is 10.1 Å². The molecule has 4 nitrogen and oxygen atoms in total. The van der Waals surface area contributed by atoms with Crippen LogP contribution in [0.5, 0.6) is 0 Å². The SMILES string of the molecule is COC(=O)[C@H](Cc1cccc(I)c1)NC(=O)c1cccc(F)c1. The minimum atomic E-state index is -0.839. The lowest BCUT2D eigenvalue weighted by Crippen LogP contribution is -2.43. The van der Waals surface area contributed by atoms with Crippen LogP contribution in [0.15, 0.2) is 48.5 Å². The molecule has 120 valence electrons. The van der Waals surface area contributed by atoms with Crippen LogP contribution in [0.25, 0.3) is 0 Å². The zero-order valence-corrected chi connectivity index (χ0v) is 14.5. The summed E-state index contributed by atoms with van der Waals surface area (Å²) < 4.78 is 19.0. The molecular formula is C17H15FINO3. The number of amides is 1. The predicted octanol–water partition coefficient (Wildman–Crippen LogP) is 2.94. The zero-order valence-electron chi connectivity index (χ0n) is 12.4. The van der Waals surface area contributed by atoms with Crippen molar-refractivity contribution in [2.24, 2.45) is 0 Å². The monoisotopic (exact) mass is 427 g/mol. The Balaban J connectivity index is 2.15. The molecule has 6 heteroatoms. The molecule has 0 heterocycles. The summed E-state index contributed by atoms with van der Waals surface area (Å²) in [4.78, 5) is 24.1. The number of carbonyl (C=O) groups excluding carboxylic acids is 2. The molecule has 0 aromatic heterocycles. The van der Waals surface area contributed by atoms with Gasteiger partial charge in [-0.15, -0.1) is 0 Å². The normalized spacial score (nSPS) is 11.6. The van der Waals surface area contributed by atoms with E-state index >= 15 is 0 Å². The fourth-order valence-electron chi connectivity index (χ4n) is 2.11. The van der Waals surface area contributed by atoms with Crippen molar-refractivity contribution in [1.29, 1.82) is 0 Å². The van der Waals surface area contributed by atoms with Crippen molar-refractivity contribution in [3.05, 3.63) is 69.0 Å². The summed E-state index contributed by atoms with van der Waals surface area (Å²) >= 11 is 2.17. The zero-order chi connectivity index (χ0) is 16.8. The van der Waals surface area contributed by atoms with Crippen molar-refractivity contribution in [3.8, 4) is 0 Å². The number of carbonyl (C=O) groups is 2. The van der Waals surface area contributed by atoms with Gasteiger partial charge in [-0.3, -0.25) is 4.79 Å². The third-order valence-corrected chi connectivity index (χ3v) is 3.88. The van der Waals surface area contributed by atoms with Gasteiger partial charge in [-0.1, -0.05) is 18.2 Å². The summed E-state index contributed by atoms with van der Waals surface area (Å²) in [6.45, 7) is 0. The number of halogens is 2. The fourth-order valence-corrected chi connectivity index (χ4v) is 2.71. The number of benzene rings is 2. The molecule has 2 rings (SSSR count). The lowest BCUT2D eigenvalue weighted by atomic mass is 10.1. The number of ether oxygens (including phenoxy) is 1. The Morgan fingerprint density at radius 1 is 1.22 bits per heavy atom. The van der Waals surface area contributed by atoms with Crippen LogP contribution in [0.4, 0.5) is 4.39 Å². The molecule has 1 N–H and O–H groups in total. The molecule has 2 aromatic carbocycles. The van der Waals surface area contributed by atoms with E-state index in [2.05, 4.69) is 27.9 Å². The number of hydrogen-bond acceptors (Lipinski definition) is 3. The summed E-state index contributed by atoms with van der Waals surface area (Å²) in [7, 11) is 1.26. The summed E-state index contributed by atoms with van der Waals surface area (Å²) in [5.74, 6) is -1.58. The quantitative estimate of drug-likeness (QED) is 0.590. The first-order valence-electron chi connectivity index (χ1n) is 6.88. The molecule has 1 amide bonds. The second-order valence-corrected chi connectivity index (χ2v) is 6.14. The standard InChI is InChI=1S/C17H15FINO3/c1-23-17(22)15(9-11-4-2-7-14(19)8-11)20-16(21)12-5-3-6-13(18)10-12/h2-8,10,15H,9H2,1H3,(H,20,21)/t15-/m0/s1. The van der Waals surface area contributed by atoms with E-state index in [9.17, 15) is 14.0 Å². The van der Waals surface area contributed by atoms with Gasteiger partial charge in [-0.05, 0) is 58.5 Å². The second kappa shape index (κ2) is 8.05. The molecule has 0 spiro atoms. The largest absolute Gasteiger partial charge is 0.467 e. The molecule has 23 heavy (non-hydrogen) atoms. The molecule has 0 radical (unpaired) electrons. The number of rotatable bonds is 5. The van der Waals surface area contributed by atoms with E-state index in [0.717, 1.165) is 15.2 Å². The Bertz CT molecular complexity index is 720. The van der Waals surface area contributed by atoms with Gasteiger partial charge in [0, 0.05) is 15.6 Å². The van der Waals surface area contributed by atoms with E-state index < -0.39 is 23.7 Å². The van der Waals surface area contributed by atoms with Crippen LogP contribution in [0.3, 0.4) is 0 Å². The summed E-state index contributed by atoms with van der Waals surface area (Å²) in [6, 6.07) is 12.1. The van der Waals surface area contributed by atoms with Crippen LogP contribution in [0.2, 0.25) is 0 Å². The Labute approximate surface area is 147 Å². The van der Waals surface area contributed by atoms with Gasteiger partial charge in [0.15, 0.2) is 0 Å². The molecule has 0 unspecified atom stereocenters. The van der Waals surface area contributed by atoms with Crippen LogP contribution in [0, 0.1) is 9.39 Å². The van der Waals surface area contributed by atoms with Crippen molar-refractivity contribution < 1.29 is 18.7 Å². The first-order valence-corrected chi connectivity index (χ1v) is 7.96. The molecule has 0 fully saturated rings. The van der Waals surface area contributed by atoms with Gasteiger partial charge in [0.25, 0.3) is 5.91 Å². The highest BCUT2D eigenvalue weighted by Crippen LogP contribution is 2.11. The van der Waals surface area contributed by atoms with Crippen LogP contribution in [0.1, 0.15) is 15.9 Å². The maximum absolute atomic E-state index is 13.2. The van der Waals surface area contributed by atoms with E-state index in [-0.39, 0.29) is 5.56 Å². The Morgan fingerprint density at radius 3 is 2.61 bits per heavy atom. The number of nitrogens with one attached hydrogen (secondary N) is 1. The first-order chi connectivity index (χ1) is 11.0. The second-order valence-electron chi connectivity index (χ2n) is 4.89. The molecule has 0 aliphatic carbocycles. The Kier molecular flexibility index (Phi) is 6.09.